The second kappa shape index (κ2) is 5.87. The molecule has 0 spiro atoms. The molecular formula is C17H18FNO. The van der Waals surface area contributed by atoms with Crippen molar-refractivity contribution in [1.29, 1.82) is 0 Å². The minimum atomic E-state index is -0.507. The highest BCUT2D eigenvalue weighted by molar-refractivity contribution is 6.04. The van der Waals surface area contributed by atoms with Crippen LogP contribution in [0, 0.1) is 12.7 Å². The van der Waals surface area contributed by atoms with E-state index in [1.54, 1.807) is 12.1 Å². The summed E-state index contributed by atoms with van der Waals surface area (Å²) in [5.41, 5.74) is 2.79. The van der Waals surface area contributed by atoms with Crippen molar-refractivity contribution in [1.82, 2.24) is 0 Å². The molecular weight excluding hydrogens is 253 g/mol. The van der Waals surface area contributed by atoms with Crippen molar-refractivity contribution in [2.45, 2.75) is 26.7 Å². The molecule has 0 bridgehead atoms. The normalized spacial score (nSPS) is 10.7. The van der Waals surface area contributed by atoms with E-state index in [0.29, 0.717) is 11.6 Å². The molecule has 0 aliphatic carbocycles. The third-order valence-electron chi connectivity index (χ3n) is 3.20. The molecule has 0 atom stereocenters. The van der Waals surface area contributed by atoms with Crippen LogP contribution >= 0.6 is 0 Å². The van der Waals surface area contributed by atoms with E-state index in [1.165, 1.54) is 11.6 Å². The predicted molar refractivity (Wildman–Crippen MR) is 79.6 cm³/mol. The number of hydrogen-bond acceptors (Lipinski definition) is 1. The van der Waals surface area contributed by atoms with Crippen LogP contribution in [-0.4, -0.2) is 5.91 Å². The molecule has 2 aromatic carbocycles. The number of anilines is 1. The number of aryl methyl sites for hydroxylation is 1. The average Bonchev–Trinajstić information content (AvgIpc) is 2.42. The van der Waals surface area contributed by atoms with Crippen molar-refractivity contribution in [2.75, 3.05) is 5.32 Å². The molecule has 0 radical (unpaired) electrons. The summed E-state index contributed by atoms with van der Waals surface area (Å²) in [6.45, 7) is 6.04. The first-order valence-corrected chi connectivity index (χ1v) is 6.65. The number of halogens is 1. The van der Waals surface area contributed by atoms with Crippen molar-refractivity contribution in [2.24, 2.45) is 0 Å². The fraction of sp³-hybridized carbons (Fsp3) is 0.235. The standard InChI is InChI=1S/C17H18FNO/c1-11(2)13-5-7-14(8-6-13)19-17(20)15-10-12(3)4-9-16(15)18/h4-11H,1-3H3,(H,19,20). The maximum atomic E-state index is 13.6. The zero-order valence-electron chi connectivity index (χ0n) is 11.9. The first kappa shape index (κ1) is 14.3. The second-order valence-corrected chi connectivity index (χ2v) is 5.21. The first-order valence-electron chi connectivity index (χ1n) is 6.65. The lowest BCUT2D eigenvalue weighted by atomic mass is 10.0. The number of amides is 1. The maximum Gasteiger partial charge on any atom is 0.258 e. The van der Waals surface area contributed by atoms with Crippen molar-refractivity contribution in [3.05, 3.63) is 65.0 Å². The van der Waals surface area contributed by atoms with Gasteiger partial charge in [0.25, 0.3) is 5.91 Å². The lowest BCUT2D eigenvalue weighted by molar-refractivity contribution is 0.102. The van der Waals surface area contributed by atoms with E-state index in [-0.39, 0.29) is 5.56 Å². The molecule has 0 aromatic heterocycles. The topological polar surface area (TPSA) is 29.1 Å². The van der Waals surface area contributed by atoms with Gasteiger partial charge in [-0.15, -0.1) is 0 Å². The lowest BCUT2D eigenvalue weighted by Crippen LogP contribution is -2.14. The number of rotatable bonds is 3. The second-order valence-electron chi connectivity index (χ2n) is 5.21. The Labute approximate surface area is 118 Å². The van der Waals surface area contributed by atoms with Gasteiger partial charge in [0, 0.05) is 5.69 Å². The molecule has 104 valence electrons. The van der Waals surface area contributed by atoms with Gasteiger partial charge < -0.3 is 5.32 Å². The summed E-state index contributed by atoms with van der Waals surface area (Å²) >= 11 is 0. The Bertz CT molecular complexity index is 617. The molecule has 0 aliphatic heterocycles. The Kier molecular flexibility index (Phi) is 4.18. The molecule has 20 heavy (non-hydrogen) atoms. The van der Waals surface area contributed by atoms with Crippen LogP contribution in [0.2, 0.25) is 0 Å². The summed E-state index contributed by atoms with van der Waals surface area (Å²) in [4.78, 5) is 12.1. The summed E-state index contributed by atoms with van der Waals surface area (Å²) in [5.74, 6) is -0.496. The molecule has 1 N–H and O–H groups in total. The van der Waals surface area contributed by atoms with Gasteiger partial charge in [-0.05, 0) is 42.7 Å². The molecule has 0 fully saturated rings. The zero-order valence-corrected chi connectivity index (χ0v) is 11.9. The Balaban J connectivity index is 2.17. The van der Waals surface area contributed by atoms with Gasteiger partial charge in [0.2, 0.25) is 0 Å². The SMILES string of the molecule is Cc1ccc(F)c(C(=O)Nc2ccc(C(C)C)cc2)c1. The summed E-state index contributed by atoms with van der Waals surface area (Å²) in [6, 6.07) is 12.1. The Hall–Kier alpha value is -2.16. The van der Waals surface area contributed by atoms with Crippen LogP contribution in [0.3, 0.4) is 0 Å². The molecule has 2 aromatic rings. The summed E-state index contributed by atoms with van der Waals surface area (Å²) in [7, 11) is 0. The van der Waals surface area contributed by atoms with E-state index >= 15 is 0 Å². The highest BCUT2D eigenvalue weighted by Crippen LogP contribution is 2.18. The molecule has 0 heterocycles. The average molecular weight is 271 g/mol. The number of carbonyl (C=O) groups is 1. The molecule has 2 nitrogen and oxygen atoms in total. The number of benzene rings is 2. The van der Waals surface area contributed by atoms with Gasteiger partial charge in [0.15, 0.2) is 0 Å². The Morgan fingerprint density at radius 3 is 2.35 bits per heavy atom. The lowest BCUT2D eigenvalue weighted by Gasteiger charge is -2.09. The maximum absolute atomic E-state index is 13.6. The Morgan fingerprint density at radius 1 is 1.10 bits per heavy atom. The van der Waals surface area contributed by atoms with Crippen LogP contribution in [-0.2, 0) is 0 Å². The van der Waals surface area contributed by atoms with Crippen molar-refractivity contribution >= 4 is 11.6 Å². The van der Waals surface area contributed by atoms with Crippen LogP contribution in [0.25, 0.3) is 0 Å². The molecule has 1 amide bonds. The molecule has 3 heteroatoms. The van der Waals surface area contributed by atoms with Crippen LogP contribution in [0.5, 0.6) is 0 Å². The van der Waals surface area contributed by atoms with Gasteiger partial charge in [-0.1, -0.05) is 37.6 Å². The van der Waals surface area contributed by atoms with Crippen LogP contribution in [0.4, 0.5) is 10.1 Å². The van der Waals surface area contributed by atoms with Crippen molar-refractivity contribution < 1.29 is 9.18 Å². The van der Waals surface area contributed by atoms with E-state index in [1.807, 2.05) is 31.2 Å². The monoisotopic (exact) mass is 271 g/mol. The van der Waals surface area contributed by atoms with E-state index in [0.717, 1.165) is 5.56 Å². The van der Waals surface area contributed by atoms with Gasteiger partial charge in [0.1, 0.15) is 5.82 Å². The third kappa shape index (κ3) is 3.23. The summed E-state index contributed by atoms with van der Waals surface area (Å²) in [5, 5.41) is 2.71. The van der Waals surface area contributed by atoms with E-state index < -0.39 is 11.7 Å². The van der Waals surface area contributed by atoms with Gasteiger partial charge in [0.05, 0.1) is 5.56 Å². The minimum Gasteiger partial charge on any atom is -0.322 e. The number of hydrogen-bond donors (Lipinski definition) is 1. The Morgan fingerprint density at radius 2 is 1.75 bits per heavy atom. The largest absolute Gasteiger partial charge is 0.322 e. The van der Waals surface area contributed by atoms with Gasteiger partial charge in [-0.2, -0.15) is 0 Å². The van der Waals surface area contributed by atoms with Gasteiger partial charge >= 0.3 is 0 Å². The molecule has 0 unspecified atom stereocenters. The minimum absolute atomic E-state index is 0.0675. The quantitative estimate of drug-likeness (QED) is 0.874. The number of nitrogens with one attached hydrogen (secondary N) is 1. The predicted octanol–water partition coefficient (Wildman–Crippen LogP) is 4.51. The highest BCUT2D eigenvalue weighted by atomic mass is 19.1. The zero-order chi connectivity index (χ0) is 14.7. The van der Waals surface area contributed by atoms with E-state index in [2.05, 4.69) is 19.2 Å². The van der Waals surface area contributed by atoms with Crippen LogP contribution < -0.4 is 5.32 Å². The fourth-order valence-electron chi connectivity index (χ4n) is 1.96. The van der Waals surface area contributed by atoms with Crippen molar-refractivity contribution in [3.63, 3.8) is 0 Å². The molecule has 0 saturated heterocycles. The highest BCUT2D eigenvalue weighted by Gasteiger charge is 2.12. The first-order chi connectivity index (χ1) is 9.47. The summed E-state index contributed by atoms with van der Waals surface area (Å²) < 4.78 is 13.6. The molecule has 2 rings (SSSR count). The van der Waals surface area contributed by atoms with Gasteiger partial charge in [-0.3, -0.25) is 4.79 Å². The van der Waals surface area contributed by atoms with Gasteiger partial charge in [-0.25, -0.2) is 4.39 Å². The fourth-order valence-corrected chi connectivity index (χ4v) is 1.96. The van der Waals surface area contributed by atoms with Crippen LogP contribution in [0.1, 0.15) is 41.3 Å². The third-order valence-corrected chi connectivity index (χ3v) is 3.20. The number of carbonyl (C=O) groups excluding carboxylic acids is 1. The molecule has 0 aliphatic rings. The van der Waals surface area contributed by atoms with Crippen LogP contribution in [0.15, 0.2) is 42.5 Å². The van der Waals surface area contributed by atoms with Crippen molar-refractivity contribution in [3.8, 4) is 0 Å². The summed E-state index contributed by atoms with van der Waals surface area (Å²) in [6.07, 6.45) is 0. The smallest absolute Gasteiger partial charge is 0.258 e. The molecule has 0 saturated carbocycles. The van der Waals surface area contributed by atoms with E-state index in [4.69, 9.17) is 0 Å². The van der Waals surface area contributed by atoms with E-state index in [9.17, 15) is 9.18 Å².